The summed E-state index contributed by atoms with van der Waals surface area (Å²) in [6, 6.07) is 2.53. The zero-order valence-corrected chi connectivity index (χ0v) is 20.6. The van der Waals surface area contributed by atoms with Crippen LogP contribution in [0.2, 0.25) is 0 Å². The second-order valence-electron chi connectivity index (χ2n) is 10.2. The van der Waals surface area contributed by atoms with Gasteiger partial charge in [-0.1, -0.05) is 0 Å². The normalized spacial score (nSPS) is 17.7. The van der Waals surface area contributed by atoms with Crippen LogP contribution in [0.4, 0.5) is 23.8 Å². The van der Waals surface area contributed by atoms with Crippen molar-refractivity contribution in [3.05, 3.63) is 30.3 Å². The Balaban J connectivity index is 1.38. The molecule has 4 heterocycles. The van der Waals surface area contributed by atoms with E-state index in [9.17, 15) is 18.4 Å². The Morgan fingerprint density at radius 2 is 2.00 bits per heavy atom. The lowest BCUT2D eigenvalue weighted by Gasteiger charge is -2.40. The molecule has 1 aliphatic carbocycles. The monoisotopic (exact) mass is 520 g/mol. The lowest BCUT2D eigenvalue weighted by Crippen LogP contribution is -2.55. The molecule has 1 N–H and O–H groups in total. The summed E-state index contributed by atoms with van der Waals surface area (Å²) in [5.74, 6) is -1.38. The Labute approximate surface area is 210 Å². The highest BCUT2D eigenvalue weighted by Gasteiger charge is 2.36. The van der Waals surface area contributed by atoms with Gasteiger partial charge in [-0.3, -0.25) is 4.79 Å². The molecule has 1 saturated carbocycles. The molecule has 0 spiro atoms. The average molecular weight is 521 g/mol. The summed E-state index contributed by atoms with van der Waals surface area (Å²) in [6.45, 7) is 2.88. The largest absolute Gasteiger partial charge is 0.487 e. The number of hydrogen-bond donors (Lipinski definition) is 1. The maximum absolute atomic E-state index is 15.0. The Morgan fingerprint density at radius 3 is 2.62 bits per heavy atom. The Hall–Kier alpha value is -3.77. The summed E-state index contributed by atoms with van der Waals surface area (Å²) in [5, 5.41) is 10.3. The van der Waals surface area contributed by atoms with Crippen molar-refractivity contribution in [1.29, 1.82) is 0 Å². The van der Waals surface area contributed by atoms with Crippen molar-refractivity contribution < 1.29 is 32.2 Å². The van der Waals surface area contributed by atoms with Crippen LogP contribution in [0.3, 0.4) is 0 Å². The van der Waals surface area contributed by atoms with E-state index in [0.29, 0.717) is 17.6 Å². The predicted molar refractivity (Wildman–Crippen MR) is 126 cm³/mol. The number of fused-ring (bicyclic) bond motifs is 1. The zero-order valence-electron chi connectivity index (χ0n) is 20.6. The highest BCUT2D eigenvalue weighted by atomic mass is 19.3. The molecule has 1 aliphatic heterocycles. The van der Waals surface area contributed by atoms with E-state index in [4.69, 9.17) is 9.47 Å². The third kappa shape index (κ3) is 5.07. The van der Waals surface area contributed by atoms with Crippen LogP contribution in [-0.4, -0.2) is 61.1 Å². The summed E-state index contributed by atoms with van der Waals surface area (Å²) in [4.78, 5) is 25.9. The van der Waals surface area contributed by atoms with Crippen LogP contribution in [0, 0.1) is 11.7 Å². The third-order valence-electron chi connectivity index (χ3n) is 6.19. The van der Waals surface area contributed by atoms with Crippen LogP contribution in [0.25, 0.3) is 16.8 Å². The van der Waals surface area contributed by atoms with Gasteiger partial charge in [0, 0.05) is 24.2 Å². The Kier molecular flexibility index (Phi) is 6.24. The highest BCUT2D eigenvalue weighted by Crippen LogP contribution is 2.36. The molecule has 2 fully saturated rings. The molecule has 13 heteroatoms. The first-order valence-corrected chi connectivity index (χ1v) is 12.0. The second-order valence-corrected chi connectivity index (χ2v) is 10.2. The number of amides is 2. The third-order valence-corrected chi connectivity index (χ3v) is 6.19. The number of carbonyl (C=O) groups excluding carboxylic acids is 2. The first-order valence-electron chi connectivity index (χ1n) is 12.0. The SMILES string of the molecule is CC(C)(C)OC(=O)N1CC[C@@H]1COc1cnn(C(F)F)c1-c1ccn2nc(NC(=O)C3CC3)c(F)c2c1. The van der Waals surface area contributed by atoms with Gasteiger partial charge in [0.15, 0.2) is 17.4 Å². The maximum atomic E-state index is 15.0. The van der Waals surface area contributed by atoms with Gasteiger partial charge in [-0.15, -0.1) is 5.10 Å². The van der Waals surface area contributed by atoms with Gasteiger partial charge in [-0.2, -0.15) is 18.6 Å². The molecule has 0 bridgehead atoms. The van der Waals surface area contributed by atoms with Crippen molar-refractivity contribution in [2.45, 2.75) is 58.2 Å². The number of pyridine rings is 1. The van der Waals surface area contributed by atoms with Gasteiger partial charge in [-0.05, 0) is 52.2 Å². The van der Waals surface area contributed by atoms with Crippen LogP contribution in [-0.2, 0) is 9.53 Å². The molecule has 2 amide bonds. The van der Waals surface area contributed by atoms with E-state index in [1.807, 2.05) is 0 Å². The minimum atomic E-state index is -2.98. The van der Waals surface area contributed by atoms with Gasteiger partial charge >= 0.3 is 12.6 Å². The first kappa shape index (κ1) is 24.9. The molecule has 3 aromatic rings. The summed E-state index contributed by atoms with van der Waals surface area (Å²) in [5.41, 5.74) is -0.487. The molecule has 1 saturated heterocycles. The van der Waals surface area contributed by atoms with Gasteiger partial charge in [-0.25, -0.2) is 13.7 Å². The van der Waals surface area contributed by atoms with Gasteiger partial charge in [0.05, 0.1) is 12.2 Å². The van der Waals surface area contributed by atoms with Gasteiger partial charge in [0.2, 0.25) is 5.91 Å². The maximum Gasteiger partial charge on any atom is 0.410 e. The van der Waals surface area contributed by atoms with E-state index >= 15 is 4.39 Å². The van der Waals surface area contributed by atoms with E-state index in [0.717, 1.165) is 19.0 Å². The quantitative estimate of drug-likeness (QED) is 0.493. The molecule has 1 atom stereocenters. The number of rotatable bonds is 7. The molecular formula is C24H27F3N6O4. The summed E-state index contributed by atoms with van der Waals surface area (Å²) < 4.78 is 55.6. The standard InChI is InChI=1S/C24H27F3N6O4/c1-24(2,3)37-23(35)31-8-7-15(31)12-36-17-11-28-33(22(26)27)19(17)14-6-9-32-16(10-14)18(25)20(30-32)29-21(34)13-4-5-13/h6,9-11,13,15,22H,4-5,7-8,12H2,1-3H3,(H,29,30,34)/t15-/m1/s1. The Morgan fingerprint density at radius 1 is 1.24 bits per heavy atom. The number of nitrogens with one attached hydrogen (secondary N) is 1. The lowest BCUT2D eigenvalue weighted by atomic mass is 10.1. The highest BCUT2D eigenvalue weighted by molar-refractivity contribution is 5.94. The molecule has 198 valence electrons. The van der Waals surface area contributed by atoms with Crippen LogP contribution >= 0.6 is 0 Å². The zero-order chi connectivity index (χ0) is 26.5. The lowest BCUT2D eigenvalue weighted by molar-refractivity contribution is -0.117. The number of alkyl halides is 2. The minimum Gasteiger partial charge on any atom is -0.487 e. The van der Waals surface area contributed by atoms with Crippen molar-refractivity contribution in [2.75, 3.05) is 18.5 Å². The molecule has 2 aliphatic rings. The topological polar surface area (TPSA) is 103 Å². The molecular weight excluding hydrogens is 493 g/mol. The van der Waals surface area contributed by atoms with Crippen molar-refractivity contribution >= 4 is 23.3 Å². The number of nitrogens with zero attached hydrogens (tertiary/aromatic N) is 5. The van der Waals surface area contributed by atoms with Crippen molar-refractivity contribution in [2.24, 2.45) is 5.92 Å². The minimum absolute atomic E-state index is 0.00772. The fourth-order valence-corrected chi connectivity index (χ4v) is 4.04. The van der Waals surface area contributed by atoms with E-state index < -0.39 is 24.1 Å². The van der Waals surface area contributed by atoms with E-state index in [-0.39, 0.29) is 52.8 Å². The summed E-state index contributed by atoms with van der Waals surface area (Å²) >= 11 is 0. The molecule has 10 nitrogen and oxygen atoms in total. The molecule has 5 rings (SSSR count). The predicted octanol–water partition coefficient (Wildman–Crippen LogP) is 4.47. The molecule has 0 radical (unpaired) electrons. The molecule has 0 aromatic carbocycles. The molecule has 3 aromatic heterocycles. The molecule has 37 heavy (non-hydrogen) atoms. The van der Waals surface area contributed by atoms with E-state index in [2.05, 4.69) is 15.5 Å². The fourth-order valence-electron chi connectivity index (χ4n) is 4.04. The Bertz CT molecular complexity index is 1340. The van der Waals surface area contributed by atoms with E-state index in [1.165, 1.54) is 27.7 Å². The number of ether oxygens (including phenoxy) is 2. The van der Waals surface area contributed by atoms with Crippen LogP contribution in [0.15, 0.2) is 24.5 Å². The fraction of sp³-hybridized carbons (Fsp3) is 0.500. The van der Waals surface area contributed by atoms with Gasteiger partial charge in [0.25, 0.3) is 0 Å². The van der Waals surface area contributed by atoms with Crippen LogP contribution in [0.1, 0.15) is 46.6 Å². The molecule has 0 unspecified atom stereocenters. The van der Waals surface area contributed by atoms with Crippen LogP contribution < -0.4 is 10.1 Å². The first-order chi connectivity index (χ1) is 17.5. The number of hydrogen-bond acceptors (Lipinski definition) is 6. The summed E-state index contributed by atoms with van der Waals surface area (Å²) in [7, 11) is 0. The number of anilines is 1. The van der Waals surface area contributed by atoms with Gasteiger partial charge in [0.1, 0.15) is 23.4 Å². The van der Waals surface area contributed by atoms with Crippen molar-refractivity contribution in [3.63, 3.8) is 0 Å². The second kappa shape index (κ2) is 9.27. The number of aromatic nitrogens is 4. The van der Waals surface area contributed by atoms with Gasteiger partial charge < -0.3 is 19.7 Å². The number of likely N-dealkylation sites (tertiary alicyclic amines) is 1. The summed E-state index contributed by atoms with van der Waals surface area (Å²) in [6.07, 6.45) is 4.27. The number of halogens is 3. The average Bonchev–Trinajstić information content (AvgIpc) is 3.49. The number of carbonyl (C=O) groups is 2. The van der Waals surface area contributed by atoms with Crippen molar-refractivity contribution in [3.8, 4) is 17.0 Å². The smallest absolute Gasteiger partial charge is 0.410 e. The van der Waals surface area contributed by atoms with Crippen molar-refractivity contribution in [1.82, 2.24) is 24.3 Å². The van der Waals surface area contributed by atoms with E-state index in [1.54, 1.807) is 20.8 Å². The van der Waals surface area contributed by atoms with Crippen LogP contribution in [0.5, 0.6) is 5.75 Å².